The van der Waals surface area contributed by atoms with Crippen molar-refractivity contribution in [3.05, 3.63) is 29.8 Å². The molecule has 0 radical (unpaired) electrons. The molecule has 0 aliphatic carbocycles. The summed E-state index contributed by atoms with van der Waals surface area (Å²) < 4.78 is 16.0. The van der Waals surface area contributed by atoms with Gasteiger partial charge in [-0.1, -0.05) is 17.7 Å². The van der Waals surface area contributed by atoms with E-state index >= 15 is 0 Å². The number of carbonyl (C=O) groups excluding carboxylic acids is 1. The van der Waals surface area contributed by atoms with E-state index in [1.165, 1.54) is 6.92 Å². The van der Waals surface area contributed by atoms with Gasteiger partial charge >= 0.3 is 0 Å². The van der Waals surface area contributed by atoms with Gasteiger partial charge in [-0.3, -0.25) is 4.79 Å². The number of halogens is 1. The normalized spacial score (nSPS) is 8.50. The van der Waals surface area contributed by atoms with Crippen molar-refractivity contribution in [2.45, 2.75) is 13.8 Å². The van der Waals surface area contributed by atoms with E-state index in [0.29, 0.717) is 5.75 Å². The molecule has 2 N–H and O–H groups in total. The number of nitrogens with two attached hydrogens (primary N) is 1. The number of amides is 1. The molecule has 0 aromatic heterocycles. The highest BCUT2D eigenvalue weighted by atomic mass is 32.2. The van der Waals surface area contributed by atoms with Crippen LogP contribution in [-0.4, -0.2) is 5.91 Å². The standard InChI is InChI=1S/C7H7FOS.C2H5NO/c1-6-2-4-7(5-3-6)9-10-8;1-2(3)4/h2-5H,1H3;1H3,(H2,3,4). The minimum atomic E-state index is -0.333. The zero-order chi connectivity index (χ0) is 11.0. The zero-order valence-electron chi connectivity index (χ0n) is 7.99. The number of benzene rings is 1. The summed E-state index contributed by atoms with van der Waals surface area (Å²) in [4.78, 5) is 9.22. The van der Waals surface area contributed by atoms with Crippen LogP contribution in [0.25, 0.3) is 0 Å². The third-order valence-corrected chi connectivity index (χ3v) is 1.40. The SMILES string of the molecule is CC(N)=O.Cc1ccc(OSF)cc1. The molecule has 0 saturated heterocycles. The van der Waals surface area contributed by atoms with Gasteiger partial charge in [0.05, 0.1) is 0 Å². The Hall–Kier alpha value is -1.23. The van der Waals surface area contributed by atoms with Crippen molar-refractivity contribution < 1.29 is 12.9 Å². The summed E-state index contributed by atoms with van der Waals surface area (Å²) in [5, 5.41) is 0. The Balaban J connectivity index is 0.000000364. The van der Waals surface area contributed by atoms with Crippen LogP contribution >= 0.6 is 12.4 Å². The second-order valence-electron chi connectivity index (χ2n) is 2.57. The van der Waals surface area contributed by atoms with Gasteiger partial charge in [0.25, 0.3) is 12.4 Å². The van der Waals surface area contributed by atoms with E-state index in [1.807, 2.05) is 19.1 Å². The van der Waals surface area contributed by atoms with Crippen LogP contribution < -0.4 is 9.92 Å². The average Bonchev–Trinajstić information content (AvgIpc) is 2.08. The Labute approximate surface area is 86.9 Å². The van der Waals surface area contributed by atoms with E-state index in [0.717, 1.165) is 5.56 Å². The first kappa shape index (κ1) is 12.8. The van der Waals surface area contributed by atoms with Crippen LogP contribution in [0, 0.1) is 6.92 Å². The Morgan fingerprint density at radius 1 is 1.43 bits per heavy atom. The van der Waals surface area contributed by atoms with Crippen LogP contribution in [0.4, 0.5) is 3.89 Å². The first-order valence-corrected chi connectivity index (χ1v) is 4.48. The van der Waals surface area contributed by atoms with Crippen molar-refractivity contribution in [2.24, 2.45) is 5.73 Å². The Morgan fingerprint density at radius 3 is 2.21 bits per heavy atom. The largest absolute Gasteiger partial charge is 0.397 e. The lowest BCUT2D eigenvalue weighted by atomic mass is 10.2. The molecule has 0 atom stereocenters. The predicted molar refractivity (Wildman–Crippen MR) is 55.4 cm³/mol. The topological polar surface area (TPSA) is 52.3 Å². The van der Waals surface area contributed by atoms with Gasteiger partial charge in [0, 0.05) is 6.92 Å². The van der Waals surface area contributed by atoms with Gasteiger partial charge in [0.2, 0.25) is 5.91 Å². The number of rotatable bonds is 2. The van der Waals surface area contributed by atoms with Gasteiger partial charge in [0.15, 0.2) is 0 Å². The highest BCUT2D eigenvalue weighted by Gasteiger charge is 1.91. The molecule has 1 amide bonds. The van der Waals surface area contributed by atoms with Crippen molar-refractivity contribution in [2.75, 3.05) is 0 Å². The molecule has 0 heterocycles. The highest BCUT2D eigenvalue weighted by molar-refractivity contribution is 7.89. The molecule has 14 heavy (non-hydrogen) atoms. The first-order valence-electron chi connectivity index (χ1n) is 3.84. The second-order valence-corrected chi connectivity index (χ2v) is 2.86. The summed E-state index contributed by atoms with van der Waals surface area (Å²) in [7, 11) is 0. The Kier molecular flexibility index (Phi) is 6.57. The molecule has 78 valence electrons. The highest BCUT2D eigenvalue weighted by Crippen LogP contribution is 2.16. The maximum Gasteiger partial charge on any atom is 0.272 e. The summed E-state index contributed by atoms with van der Waals surface area (Å²) in [6.45, 7) is 3.27. The number of hydrogen-bond donors (Lipinski definition) is 1. The predicted octanol–water partition coefficient (Wildman–Crippen LogP) is 2.40. The molecule has 0 spiro atoms. The summed E-state index contributed by atoms with van der Waals surface area (Å²) in [5.74, 6) is 0.207. The minimum absolute atomic E-state index is 0.139. The van der Waals surface area contributed by atoms with Crippen LogP contribution in [0.3, 0.4) is 0 Å². The van der Waals surface area contributed by atoms with E-state index < -0.39 is 0 Å². The second kappa shape index (κ2) is 7.20. The van der Waals surface area contributed by atoms with Crippen molar-refractivity contribution in [3.8, 4) is 5.75 Å². The molecule has 0 unspecified atom stereocenters. The molecule has 0 fully saturated rings. The molecule has 0 saturated carbocycles. The molecule has 1 rings (SSSR count). The molecule has 0 aliphatic heterocycles. The summed E-state index contributed by atoms with van der Waals surface area (Å²) in [6.07, 6.45) is 0. The van der Waals surface area contributed by atoms with Crippen LogP contribution in [0.1, 0.15) is 12.5 Å². The molecular weight excluding hydrogens is 205 g/mol. The lowest BCUT2D eigenvalue weighted by molar-refractivity contribution is -0.115. The van der Waals surface area contributed by atoms with Gasteiger partial charge in [-0.25, -0.2) is 0 Å². The fourth-order valence-electron chi connectivity index (χ4n) is 0.630. The lowest BCUT2D eigenvalue weighted by Crippen LogP contribution is -2.01. The van der Waals surface area contributed by atoms with E-state index in [2.05, 4.69) is 9.92 Å². The maximum absolute atomic E-state index is 11.5. The first-order chi connectivity index (χ1) is 6.56. The molecule has 1 aromatic carbocycles. The molecule has 0 bridgehead atoms. The number of carbonyl (C=O) groups is 1. The molecule has 1 aromatic rings. The molecular formula is C9H12FNO2S. The van der Waals surface area contributed by atoms with Crippen molar-refractivity contribution in [1.82, 2.24) is 0 Å². The van der Waals surface area contributed by atoms with Crippen LogP contribution in [0.15, 0.2) is 24.3 Å². The Bertz CT molecular complexity index is 273. The maximum atomic E-state index is 11.5. The third kappa shape index (κ3) is 7.42. The number of aryl methyl sites for hydroxylation is 1. The Morgan fingerprint density at radius 2 is 1.86 bits per heavy atom. The van der Waals surface area contributed by atoms with Crippen molar-refractivity contribution in [3.63, 3.8) is 0 Å². The molecule has 0 aliphatic rings. The monoisotopic (exact) mass is 217 g/mol. The van der Waals surface area contributed by atoms with Gasteiger partial charge in [-0.05, 0) is 19.1 Å². The van der Waals surface area contributed by atoms with Crippen LogP contribution in [0.2, 0.25) is 0 Å². The average molecular weight is 217 g/mol. The van der Waals surface area contributed by atoms with Crippen LogP contribution in [-0.2, 0) is 4.79 Å². The van der Waals surface area contributed by atoms with E-state index in [9.17, 15) is 8.68 Å². The van der Waals surface area contributed by atoms with Gasteiger partial charge in [0.1, 0.15) is 5.75 Å². The smallest absolute Gasteiger partial charge is 0.272 e. The van der Waals surface area contributed by atoms with Gasteiger partial charge in [-0.2, -0.15) is 0 Å². The van der Waals surface area contributed by atoms with Crippen molar-refractivity contribution in [1.29, 1.82) is 0 Å². The van der Waals surface area contributed by atoms with Crippen molar-refractivity contribution >= 4 is 18.3 Å². The quantitative estimate of drug-likeness (QED) is 0.774. The summed E-state index contributed by atoms with van der Waals surface area (Å²) in [5.41, 5.74) is 5.61. The fourth-order valence-corrected chi connectivity index (χ4v) is 0.814. The number of primary amides is 1. The minimum Gasteiger partial charge on any atom is -0.397 e. The number of hydrogen-bond acceptors (Lipinski definition) is 3. The van der Waals surface area contributed by atoms with E-state index in [4.69, 9.17) is 0 Å². The summed E-state index contributed by atoms with van der Waals surface area (Å²) in [6, 6.07) is 7.18. The van der Waals surface area contributed by atoms with E-state index in [-0.39, 0.29) is 18.3 Å². The zero-order valence-corrected chi connectivity index (χ0v) is 8.81. The summed E-state index contributed by atoms with van der Waals surface area (Å²) >= 11 is -0.139. The third-order valence-electron chi connectivity index (χ3n) is 1.15. The molecule has 5 heteroatoms. The lowest BCUT2D eigenvalue weighted by Gasteiger charge is -1.96. The fraction of sp³-hybridized carbons (Fsp3) is 0.222. The van der Waals surface area contributed by atoms with Crippen LogP contribution in [0.5, 0.6) is 5.75 Å². The van der Waals surface area contributed by atoms with Gasteiger partial charge < -0.3 is 9.92 Å². The molecule has 3 nitrogen and oxygen atoms in total. The van der Waals surface area contributed by atoms with Gasteiger partial charge in [-0.15, -0.1) is 3.89 Å². The van der Waals surface area contributed by atoms with E-state index in [1.54, 1.807) is 12.1 Å².